The van der Waals surface area contributed by atoms with Gasteiger partial charge in [-0.25, -0.2) is 9.97 Å². The van der Waals surface area contributed by atoms with E-state index < -0.39 is 0 Å². The van der Waals surface area contributed by atoms with E-state index in [1.54, 1.807) is 12.3 Å². The molecule has 0 aliphatic rings. The molecule has 2 aromatic rings. The third kappa shape index (κ3) is 2.85. The maximum Gasteiger partial charge on any atom is 0.243 e. The molecule has 0 unspecified atom stereocenters. The van der Waals surface area contributed by atoms with E-state index in [4.69, 9.17) is 10.3 Å². The molecule has 0 spiro atoms. The van der Waals surface area contributed by atoms with Crippen molar-refractivity contribution in [3.8, 4) is 11.5 Å². The molecule has 0 radical (unpaired) electrons. The quantitative estimate of drug-likeness (QED) is 0.845. The van der Waals surface area contributed by atoms with Crippen LogP contribution in [0.3, 0.4) is 0 Å². The zero-order valence-electron chi connectivity index (χ0n) is 9.71. The van der Waals surface area contributed by atoms with Crippen LogP contribution in [0.5, 0.6) is 0 Å². The lowest BCUT2D eigenvalue weighted by Crippen LogP contribution is -2.10. The van der Waals surface area contributed by atoms with E-state index in [1.165, 1.54) is 6.33 Å². The Hall–Kier alpha value is -1.82. The average Bonchev–Trinajstić information content (AvgIpc) is 2.86. The van der Waals surface area contributed by atoms with Crippen LogP contribution in [-0.4, -0.2) is 20.1 Å². The largest absolute Gasteiger partial charge is 0.337 e. The van der Waals surface area contributed by atoms with Crippen molar-refractivity contribution in [1.82, 2.24) is 20.1 Å². The Balaban J connectivity index is 2.11. The Morgan fingerprint density at radius 3 is 3.06 bits per heavy atom. The Kier molecular flexibility index (Phi) is 3.77. The van der Waals surface area contributed by atoms with Crippen LogP contribution < -0.4 is 5.73 Å². The van der Waals surface area contributed by atoms with Crippen molar-refractivity contribution in [2.45, 2.75) is 32.2 Å². The highest BCUT2D eigenvalue weighted by atomic mass is 16.5. The van der Waals surface area contributed by atoms with Gasteiger partial charge in [0.25, 0.3) is 0 Å². The lowest BCUT2D eigenvalue weighted by molar-refractivity contribution is 0.346. The lowest BCUT2D eigenvalue weighted by Gasteiger charge is -2.03. The summed E-state index contributed by atoms with van der Waals surface area (Å²) in [6.07, 6.45) is 6.08. The average molecular weight is 233 g/mol. The highest BCUT2D eigenvalue weighted by Crippen LogP contribution is 2.18. The number of hydrogen-bond donors (Lipinski definition) is 1. The maximum absolute atomic E-state index is 5.94. The van der Waals surface area contributed by atoms with Crippen LogP contribution in [0, 0.1) is 0 Å². The second kappa shape index (κ2) is 5.49. The minimum absolute atomic E-state index is 0.196. The molecule has 0 saturated carbocycles. The van der Waals surface area contributed by atoms with Gasteiger partial charge >= 0.3 is 0 Å². The van der Waals surface area contributed by atoms with E-state index in [0.717, 1.165) is 19.3 Å². The van der Waals surface area contributed by atoms with Crippen LogP contribution in [-0.2, 0) is 0 Å². The molecule has 0 saturated heterocycles. The summed E-state index contributed by atoms with van der Waals surface area (Å²) < 4.78 is 5.13. The molecule has 0 aliphatic carbocycles. The van der Waals surface area contributed by atoms with Crippen molar-refractivity contribution in [1.29, 1.82) is 0 Å². The highest BCUT2D eigenvalue weighted by Gasteiger charge is 2.15. The van der Waals surface area contributed by atoms with E-state index in [0.29, 0.717) is 17.4 Å². The fourth-order valence-corrected chi connectivity index (χ4v) is 1.46. The summed E-state index contributed by atoms with van der Waals surface area (Å²) in [4.78, 5) is 12.1. The molecule has 0 amide bonds. The molecule has 17 heavy (non-hydrogen) atoms. The summed E-state index contributed by atoms with van der Waals surface area (Å²) >= 11 is 0. The van der Waals surface area contributed by atoms with Crippen molar-refractivity contribution >= 4 is 0 Å². The molecule has 0 bridgehead atoms. The van der Waals surface area contributed by atoms with Crippen LogP contribution >= 0.6 is 0 Å². The number of rotatable bonds is 5. The molecule has 2 aromatic heterocycles. The Morgan fingerprint density at radius 1 is 1.47 bits per heavy atom. The molecule has 90 valence electrons. The summed E-state index contributed by atoms with van der Waals surface area (Å²) in [5.74, 6) is 0.918. The summed E-state index contributed by atoms with van der Waals surface area (Å²) in [5.41, 5.74) is 6.58. The molecule has 2 rings (SSSR count). The molecule has 2 heterocycles. The van der Waals surface area contributed by atoms with Gasteiger partial charge in [-0.1, -0.05) is 24.9 Å². The normalized spacial score (nSPS) is 12.6. The minimum Gasteiger partial charge on any atom is -0.337 e. The van der Waals surface area contributed by atoms with Gasteiger partial charge in [-0.05, 0) is 12.5 Å². The standard InChI is InChI=1S/C11H15N5O/c1-2-3-4-8(12)11-15-10(16-17-11)9-5-6-13-7-14-9/h5-8H,2-4,12H2,1H3/t8-/m0/s1. The molecule has 2 N–H and O–H groups in total. The molecule has 0 aliphatic heterocycles. The first-order valence-corrected chi connectivity index (χ1v) is 5.67. The number of hydrogen-bond acceptors (Lipinski definition) is 6. The first-order chi connectivity index (χ1) is 8.31. The zero-order valence-corrected chi connectivity index (χ0v) is 9.71. The van der Waals surface area contributed by atoms with Crippen molar-refractivity contribution < 1.29 is 4.52 Å². The van der Waals surface area contributed by atoms with E-state index in [1.807, 2.05) is 0 Å². The van der Waals surface area contributed by atoms with E-state index >= 15 is 0 Å². The van der Waals surface area contributed by atoms with E-state index in [2.05, 4.69) is 27.0 Å². The van der Waals surface area contributed by atoms with Gasteiger partial charge in [-0.2, -0.15) is 4.98 Å². The molecule has 1 atom stereocenters. The second-order valence-electron chi connectivity index (χ2n) is 3.80. The SMILES string of the molecule is CCCC[C@H](N)c1nc(-c2ccncn2)no1. The monoisotopic (exact) mass is 233 g/mol. The van der Waals surface area contributed by atoms with Crippen LogP contribution in [0.4, 0.5) is 0 Å². The summed E-state index contributed by atoms with van der Waals surface area (Å²) in [6.45, 7) is 2.12. The van der Waals surface area contributed by atoms with Crippen molar-refractivity contribution in [2.75, 3.05) is 0 Å². The fourth-order valence-electron chi connectivity index (χ4n) is 1.46. The van der Waals surface area contributed by atoms with Gasteiger partial charge in [-0.3, -0.25) is 0 Å². The third-order valence-corrected chi connectivity index (χ3v) is 2.44. The molecule has 0 fully saturated rings. The smallest absolute Gasteiger partial charge is 0.243 e. The first-order valence-electron chi connectivity index (χ1n) is 5.67. The minimum atomic E-state index is -0.196. The molecule has 0 aromatic carbocycles. The van der Waals surface area contributed by atoms with Gasteiger partial charge < -0.3 is 10.3 Å². The first kappa shape index (κ1) is 11.7. The predicted molar refractivity (Wildman–Crippen MR) is 61.8 cm³/mol. The summed E-state index contributed by atoms with van der Waals surface area (Å²) in [7, 11) is 0. The topological polar surface area (TPSA) is 90.7 Å². The van der Waals surface area contributed by atoms with Crippen LogP contribution in [0.25, 0.3) is 11.5 Å². The number of nitrogens with zero attached hydrogens (tertiary/aromatic N) is 4. The van der Waals surface area contributed by atoms with Crippen molar-refractivity contribution in [3.05, 3.63) is 24.5 Å². The van der Waals surface area contributed by atoms with Crippen LogP contribution in [0.1, 0.15) is 38.1 Å². The Bertz CT molecular complexity index is 456. The summed E-state index contributed by atoms with van der Waals surface area (Å²) in [5, 5.41) is 3.86. The molecular formula is C11H15N5O. The fraction of sp³-hybridized carbons (Fsp3) is 0.455. The molecule has 6 nitrogen and oxygen atoms in total. The Morgan fingerprint density at radius 2 is 2.35 bits per heavy atom. The number of nitrogens with two attached hydrogens (primary N) is 1. The van der Waals surface area contributed by atoms with Gasteiger partial charge in [0.15, 0.2) is 0 Å². The van der Waals surface area contributed by atoms with E-state index in [-0.39, 0.29) is 6.04 Å². The number of aromatic nitrogens is 4. The highest BCUT2D eigenvalue weighted by molar-refractivity contribution is 5.46. The van der Waals surface area contributed by atoms with Gasteiger partial charge in [-0.15, -0.1) is 0 Å². The zero-order chi connectivity index (χ0) is 12.1. The molecule has 6 heteroatoms. The van der Waals surface area contributed by atoms with Crippen LogP contribution in [0.2, 0.25) is 0 Å². The van der Waals surface area contributed by atoms with Gasteiger partial charge in [0.2, 0.25) is 11.7 Å². The predicted octanol–water partition coefficient (Wildman–Crippen LogP) is 1.72. The second-order valence-corrected chi connectivity index (χ2v) is 3.80. The third-order valence-electron chi connectivity index (χ3n) is 2.44. The molecular weight excluding hydrogens is 218 g/mol. The van der Waals surface area contributed by atoms with Gasteiger partial charge in [0, 0.05) is 6.20 Å². The van der Waals surface area contributed by atoms with Gasteiger partial charge in [0.05, 0.1) is 6.04 Å². The maximum atomic E-state index is 5.94. The van der Waals surface area contributed by atoms with Crippen LogP contribution in [0.15, 0.2) is 23.1 Å². The Labute approximate surface area is 99.3 Å². The number of unbranched alkanes of at least 4 members (excludes halogenated alkanes) is 1. The van der Waals surface area contributed by atoms with Crippen molar-refractivity contribution in [3.63, 3.8) is 0 Å². The van der Waals surface area contributed by atoms with Gasteiger partial charge in [0.1, 0.15) is 12.0 Å². The summed E-state index contributed by atoms with van der Waals surface area (Å²) in [6, 6.07) is 1.53. The van der Waals surface area contributed by atoms with E-state index in [9.17, 15) is 0 Å². The lowest BCUT2D eigenvalue weighted by atomic mass is 10.1. The van der Waals surface area contributed by atoms with Crippen molar-refractivity contribution in [2.24, 2.45) is 5.73 Å².